The van der Waals surface area contributed by atoms with Crippen LogP contribution in [0.2, 0.25) is 0 Å². The average Bonchev–Trinajstić information content (AvgIpc) is 3.26. The Kier molecular flexibility index (Phi) is 4.36. The summed E-state index contributed by atoms with van der Waals surface area (Å²) >= 11 is 1.58. The first kappa shape index (κ1) is 17.6. The number of thioether (sulfide) groups is 1. The lowest BCUT2D eigenvalue weighted by Gasteiger charge is -2.17. The van der Waals surface area contributed by atoms with E-state index in [9.17, 15) is 18.5 Å². The Labute approximate surface area is 159 Å². The van der Waals surface area contributed by atoms with Crippen LogP contribution in [-0.2, 0) is 10.0 Å². The second-order valence-corrected chi connectivity index (χ2v) is 8.39. The van der Waals surface area contributed by atoms with Gasteiger partial charge >= 0.3 is 0 Å². The number of nitrogens with one attached hydrogen (secondary N) is 1. The van der Waals surface area contributed by atoms with Crippen LogP contribution in [0.15, 0.2) is 63.8 Å². The monoisotopic (exact) mass is 402 g/mol. The zero-order valence-electron chi connectivity index (χ0n) is 13.9. The summed E-state index contributed by atoms with van der Waals surface area (Å²) in [5, 5.41) is 13.9. The molecule has 0 fully saturated rings. The lowest BCUT2D eigenvalue weighted by molar-refractivity contribution is -0.385. The minimum atomic E-state index is -3.92. The first-order chi connectivity index (χ1) is 12.9. The Morgan fingerprint density at radius 2 is 1.96 bits per heavy atom. The highest BCUT2D eigenvalue weighted by Gasteiger charge is 2.27. The standard InChI is InChI=1S/C17H14N4O4S2/c22-21(23)14-2-1-3-15(10-14)27(24,25)19-13-6-4-12(5-7-13)16-11-26-17-18-8-9-20(16)17/h1-7,10-11,19H,8-9H2. The van der Waals surface area contributed by atoms with E-state index in [-0.39, 0.29) is 10.6 Å². The van der Waals surface area contributed by atoms with Gasteiger partial charge in [-0.25, -0.2) is 8.42 Å². The van der Waals surface area contributed by atoms with Crippen LogP contribution in [0.3, 0.4) is 0 Å². The molecular weight excluding hydrogens is 388 g/mol. The number of nitrogens with zero attached hydrogens (tertiary/aromatic N) is 3. The third-order valence-electron chi connectivity index (χ3n) is 4.14. The van der Waals surface area contributed by atoms with Gasteiger partial charge in [-0.15, -0.1) is 0 Å². The van der Waals surface area contributed by atoms with E-state index in [0.29, 0.717) is 5.69 Å². The molecular formula is C17H14N4O4S2. The molecule has 1 N–H and O–H groups in total. The number of non-ortho nitro benzene ring substituents is 1. The first-order valence-corrected chi connectivity index (χ1v) is 10.4. The van der Waals surface area contributed by atoms with Gasteiger partial charge < -0.3 is 4.90 Å². The summed E-state index contributed by atoms with van der Waals surface area (Å²) < 4.78 is 27.4. The molecule has 138 valence electrons. The zero-order valence-corrected chi connectivity index (χ0v) is 15.5. The number of nitro benzene ring substituents is 1. The molecule has 0 unspecified atom stereocenters. The number of amidine groups is 1. The van der Waals surface area contributed by atoms with Gasteiger partial charge in [0.15, 0.2) is 5.17 Å². The number of hydrogen-bond acceptors (Lipinski definition) is 7. The van der Waals surface area contributed by atoms with Crippen molar-refractivity contribution in [3.63, 3.8) is 0 Å². The van der Waals surface area contributed by atoms with Crippen molar-refractivity contribution in [1.29, 1.82) is 0 Å². The van der Waals surface area contributed by atoms with Gasteiger partial charge in [0.1, 0.15) is 0 Å². The normalized spacial score (nSPS) is 15.9. The molecule has 0 aliphatic carbocycles. The van der Waals surface area contributed by atoms with Gasteiger partial charge in [-0.2, -0.15) is 0 Å². The molecule has 0 spiro atoms. The second-order valence-electron chi connectivity index (χ2n) is 5.87. The van der Waals surface area contributed by atoms with Gasteiger partial charge in [-0.3, -0.25) is 19.8 Å². The lowest BCUT2D eigenvalue weighted by Crippen LogP contribution is -2.19. The van der Waals surface area contributed by atoms with Crippen LogP contribution in [0.4, 0.5) is 11.4 Å². The Morgan fingerprint density at radius 1 is 1.19 bits per heavy atom. The van der Waals surface area contributed by atoms with E-state index in [1.807, 2.05) is 17.5 Å². The largest absolute Gasteiger partial charge is 0.318 e. The number of rotatable bonds is 5. The highest BCUT2D eigenvalue weighted by molar-refractivity contribution is 8.16. The maximum Gasteiger partial charge on any atom is 0.270 e. The summed E-state index contributed by atoms with van der Waals surface area (Å²) in [4.78, 5) is 16.6. The van der Waals surface area contributed by atoms with E-state index < -0.39 is 14.9 Å². The molecule has 0 bridgehead atoms. The van der Waals surface area contributed by atoms with Gasteiger partial charge in [0.05, 0.1) is 22.1 Å². The Balaban J connectivity index is 1.54. The van der Waals surface area contributed by atoms with Crippen molar-refractivity contribution >= 4 is 44.0 Å². The van der Waals surface area contributed by atoms with E-state index in [1.54, 1.807) is 23.9 Å². The van der Waals surface area contributed by atoms with Crippen molar-refractivity contribution in [3.8, 4) is 0 Å². The lowest BCUT2D eigenvalue weighted by atomic mass is 10.1. The van der Waals surface area contributed by atoms with Crippen LogP contribution >= 0.6 is 11.8 Å². The van der Waals surface area contributed by atoms with Crippen LogP contribution in [0, 0.1) is 10.1 Å². The molecule has 2 aromatic carbocycles. The summed E-state index contributed by atoms with van der Waals surface area (Å²) in [7, 11) is -3.92. The molecule has 10 heteroatoms. The van der Waals surface area contributed by atoms with Crippen LogP contribution in [0.1, 0.15) is 5.56 Å². The van der Waals surface area contributed by atoms with Crippen LogP contribution in [0.5, 0.6) is 0 Å². The molecule has 27 heavy (non-hydrogen) atoms. The highest BCUT2D eigenvalue weighted by atomic mass is 32.2. The van der Waals surface area contributed by atoms with Gasteiger partial charge in [-0.05, 0) is 23.8 Å². The third kappa shape index (κ3) is 3.40. The maximum absolute atomic E-state index is 12.5. The number of anilines is 1. The molecule has 2 aliphatic heterocycles. The second kappa shape index (κ2) is 6.71. The van der Waals surface area contributed by atoms with Crippen molar-refractivity contribution < 1.29 is 13.3 Å². The zero-order chi connectivity index (χ0) is 19.0. The van der Waals surface area contributed by atoms with E-state index >= 15 is 0 Å². The smallest absolute Gasteiger partial charge is 0.270 e. The van der Waals surface area contributed by atoms with Crippen LogP contribution < -0.4 is 4.72 Å². The molecule has 2 aromatic rings. The number of hydrogen-bond donors (Lipinski definition) is 1. The molecule has 0 radical (unpaired) electrons. The predicted molar refractivity (Wildman–Crippen MR) is 105 cm³/mol. The molecule has 2 aliphatic rings. The van der Waals surface area contributed by atoms with Crippen LogP contribution in [0.25, 0.3) is 5.70 Å². The van der Waals surface area contributed by atoms with Gasteiger partial charge in [0.2, 0.25) is 0 Å². The van der Waals surface area contributed by atoms with E-state index in [4.69, 9.17) is 0 Å². The molecule has 0 atom stereocenters. The summed E-state index contributed by atoms with van der Waals surface area (Å²) in [5.74, 6) is 0. The topological polar surface area (TPSA) is 105 Å². The molecule has 8 nitrogen and oxygen atoms in total. The molecule has 0 amide bonds. The van der Waals surface area contributed by atoms with Crippen LogP contribution in [-0.4, -0.2) is 36.5 Å². The van der Waals surface area contributed by atoms with Gasteiger partial charge in [0.25, 0.3) is 15.7 Å². The summed E-state index contributed by atoms with van der Waals surface area (Å²) in [6.45, 7) is 1.62. The Bertz CT molecular complexity index is 1080. The maximum atomic E-state index is 12.5. The number of sulfonamides is 1. The first-order valence-electron chi connectivity index (χ1n) is 8.00. The summed E-state index contributed by atoms with van der Waals surface area (Å²) in [5.41, 5.74) is 2.12. The fraction of sp³-hybridized carbons (Fsp3) is 0.118. The number of fused-ring (bicyclic) bond motifs is 1. The van der Waals surface area contributed by atoms with Crippen molar-refractivity contribution in [2.45, 2.75) is 4.90 Å². The summed E-state index contributed by atoms with van der Waals surface area (Å²) in [6, 6.07) is 11.9. The Morgan fingerprint density at radius 3 is 2.70 bits per heavy atom. The fourth-order valence-corrected chi connectivity index (χ4v) is 4.90. The van der Waals surface area contributed by atoms with Gasteiger partial charge in [0, 0.05) is 29.8 Å². The van der Waals surface area contributed by atoms with E-state index in [2.05, 4.69) is 14.6 Å². The van der Waals surface area contributed by atoms with Crippen molar-refractivity contribution in [2.24, 2.45) is 4.99 Å². The summed E-state index contributed by atoms with van der Waals surface area (Å²) in [6.07, 6.45) is 0. The predicted octanol–water partition coefficient (Wildman–Crippen LogP) is 3.11. The quantitative estimate of drug-likeness (QED) is 0.609. The van der Waals surface area contributed by atoms with Crippen molar-refractivity contribution in [3.05, 3.63) is 69.6 Å². The fourth-order valence-electron chi connectivity index (χ4n) is 2.83. The molecule has 0 aromatic heterocycles. The number of benzene rings is 2. The molecule has 0 saturated heterocycles. The molecule has 2 heterocycles. The third-order valence-corrected chi connectivity index (χ3v) is 6.42. The average molecular weight is 402 g/mol. The SMILES string of the molecule is O=[N+]([O-])c1cccc(S(=O)(=O)Nc2ccc(C3=CSC4=NCCN34)cc2)c1. The minimum Gasteiger partial charge on any atom is -0.318 e. The van der Waals surface area contributed by atoms with E-state index in [0.717, 1.165) is 35.6 Å². The van der Waals surface area contributed by atoms with Gasteiger partial charge in [-0.1, -0.05) is 30.0 Å². The molecule has 0 saturated carbocycles. The minimum absolute atomic E-state index is 0.159. The van der Waals surface area contributed by atoms with Crippen molar-refractivity contribution in [2.75, 3.05) is 17.8 Å². The molecule has 4 rings (SSSR count). The number of nitro groups is 1. The number of aliphatic imine (C=N–C) groups is 1. The highest BCUT2D eigenvalue weighted by Crippen LogP contribution is 2.35. The van der Waals surface area contributed by atoms with Crippen molar-refractivity contribution in [1.82, 2.24) is 4.90 Å². The van der Waals surface area contributed by atoms with E-state index in [1.165, 1.54) is 18.2 Å². The Hall–Kier alpha value is -2.85.